The van der Waals surface area contributed by atoms with Gasteiger partial charge in [0.2, 0.25) is 0 Å². The average Bonchev–Trinajstić information content (AvgIpc) is 3.18. The number of hydrogen-bond donors (Lipinski definition) is 1. The van der Waals surface area contributed by atoms with Crippen molar-refractivity contribution in [1.82, 2.24) is 5.32 Å². The third kappa shape index (κ3) is 2.96. The van der Waals surface area contributed by atoms with Crippen LogP contribution in [0.25, 0.3) is 0 Å². The summed E-state index contributed by atoms with van der Waals surface area (Å²) in [5.41, 5.74) is 1.31. The molecule has 22 heavy (non-hydrogen) atoms. The number of hydrogen-bond acceptors (Lipinski definition) is 4. The summed E-state index contributed by atoms with van der Waals surface area (Å²) in [6.07, 6.45) is -0.344. The molecule has 2 amide bonds. The molecule has 1 aliphatic rings. The molecule has 3 rings (SSSR count). The third-order valence-corrected chi connectivity index (χ3v) is 4.57. The summed E-state index contributed by atoms with van der Waals surface area (Å²) in [6, 6.07) is 10.9. The molecule has 6 heteroatoms. The summed E-state index contributed by atoms with van der Waals surface area (Å²) >= 11 is 1.61. The highest BCUT2D eigenvalue weighted by Gasteiger charge is 2.23. The molecule has 0 aliphatic carbocycles. The van der Waals surface area contributed by atoms with Crippen LogP contribution in [-0.4, -0.2) is 25.2 Å². The lowest BCUT2D eigenvalue weighted by Gasteiger charge is -2.14. The van der Waals surface area contributed by atoms with Crippen molar-refractivity contribution < 1.29 is 14.3 Å². The fraction of sp³-hybridized carbons (Fsp3) is 0.250. The van der Waals surface area contributed by atoms with Gasteiger partial charge in [-0.3, -0.25) is 9.69 Å². The number of thiophene rings is 1. The number of nitrogens with one attached hydrogen (secondary N) is 1. The summed E-state index contributed by atoms with van der Waals surface area (Å²) in [6.45, 7) is 2.90. The lowest BCUT2D eigenvalue weighted by atomic mass is 10.1. The van der Waals surface area contributed by atoms with Gasteiger partial charge < -0.3 is 10.1 Å². The number of anilines is 1. The minimum absolute atomic E-state index is 0.0271. The summed E-state index contributed by atoms with van der Waals surface area (Å²) in [5, 5.41) is 4.95. The molecule has 1 unspecified atom stereocenters. The first kappa shape index (κ1) is 14.6. The van der Waals surface area contributed by atoms with Gasteiger partial charge in [0.1, 0.15) is 6.61 Å². The number of carbonyl (C=O) groups is 2. The Labute approximate surface area is 132 Å². The van der Waals surface area contributed by atoms with Crippen molar-refractivity contribution in [1.29, 1.82) is 0 Å². The molecule has 0 bridgehead atoms. The van der Waals surface area contributed by atoms with E-state index in [2.05, 4.69) is 5.32 Å². The Morgan fingerprint density at radius 3 is 2.68 bits per heavy atom. The highest BCUT2D eigenvalue weighted by molar-refractivity contribution is 7.10. The van der Waals surface area contributed by atoms with Crippen LogP contribution in [0.5, 0.6) is 0 Å². The summed E-state index contributed by atoms with van der Waals surface area (Å²) in [7, 11) is 0. The summed E-state index contributed by atoms with van der Waals surface area (Å²) in [5.74, 6) is -0.128. The van der Waals surface area contributed by atoms with Gasteiger partial charge in [0, 0.05) is 16.1 Å². The zero-order valence-corrected chi connectivity index (χ0v) is 12.9. The van der Waals surface area contributed by atoms with E-state index in [-0.39, 0.29) is 18.0 Å². The highest BCUT2D eigenvalue weighted by atomic mass is 32.1. The molecule has 5 nitrogen and oxygen atoms in total. The third-order valence-electron chi connectivity index (χ3n) is 3.52. The van der Waals surface area contributed by atoms with Gasteiger partial charge >= 0.3 is 6.09 Å². The van der Waals surface area contributed by atoms with Gasteiger partial charge in [0.15, 0.2) is 0 Å². The van der Waals surface area contributed by atoms with E-state index in [4.69, 9.17) is 4.74 Å². The summed E-state index contributed by atoms with van der Waals surface area (Å²) in [4.78, 5) is 26.4. The monoisotopic (exact) mass is 316 g/mol. The first-order valence-corrected chi connectivity index (χ1v) is 7.92. The van der Waals surface area contributed by atoms with E-state index < -0.39 is 0 Å². The molecule has 2 heterocycles. The largest absolute Gasteiger partial charge is 0.447 e. The quantitative estimate of drug-likeness (QED) is 0.942. The molecule has 0 spiro atoms. The fourth-order valence-electron chi connectivity index (χ4n) is 2.31. The van der Waals surface area contributed by atoms with E-state index in [1.54, 1.807) is 40.5 Å². The molecule has 1 aliphatic heterocycles. The van der Waals surface area contributed by atoms with Crippen LogP contribution >= 0.6 is 11.3 Å². The van der Waals surface area contributed by atoms with Crippen molar-refractivity contribution in [3.63, 3.8) is 0 Å². The van der Waals surface area contributed by atoms with E-state index in [9.17, 15) is 9.59 Å². The molecule has 1 fully saturated rings. The van der Waals surface area contributed by atoms with Crippen LogP contribution in [0.1, 0.15) is 28.2 Å². The molecule has 1 saturated heterocycles. The van der Waals surface area contributed by atoms with Gasteiger partial charge in [-0.25, -0.2) is 4.79 Å². The maximum atomic E-state index is 12.2. The zero-order valence-electron chi connectivity index (χ0n) is 12.1. The van der Waals surface area contributed by atoms with Crippen LogP contribution in [0, 0.1) is 0 Å². The lowest BCUT2D eigenvalue weighted by molar-refractivity contribution is 0.0940. The number of rotatable bonds is 4. The SMILES string of the molecule is CC(NC(=O)c1ccc(N2CCOC2=O)cc1)c1cccs1. The van der Waals surface area contributed by atoms with E-state index in [0.717, 1.165) is 10.6 Å². The van der Waals surface area contributed by atoms with Gasteiger partial charge in [0.05, 0.1) is 12.6 Å². The van der Waals surface area contributed by atoms with E-state index in [1.165, 1.54) is 0 Å². The van der Waals surface area contributed by atoms with Crippen molar-refractivity contribution in [2.75, 3.05) is 18.1 Å². The maximum Gasteiger partial charge on any atom is 0.414 e. The second kappa shape index (κ2) is 6.19. The molecular weight excluding hydrogens is 300 g/mol. The number of benzene rings is 1. The highest BCUT2D eigenvalue weighted by Crippen LogP contribution is 2.21. The fourth-order valence-corrected chi connectivity index (χ4v) is 3.04. The predicted molar refractivity (Wildman–Crippen MR) is 85.3 cm³/mol. The number of carbonyl (C=O) groups excluding carboxylic acids is 2. The molecular formula is C16H16N2O3S. The van der Waals surface area contributed by atoms with Gasteiger partial charge in [-0.15, -0.1) is 11.3 Å². The van der Waals surface area contributed by atoms with Crippen LogP contribution in [0.3, 0.4) is 0 Å². The average molecular weight is 316 g/mol. The predicted octanol–water partition coefficient (Wildman–Crippen LogP) is 3.20. The molecule has 1 aromatic carbocycles. The lowest BCUT2D eigenvalue weighted by Crippen LogP contribution is -2.26. The number of nitrogens with zero attached hydrogens (tertiary/aromatic N) is 1. The van der Waals surface area contributed by atoms with Crippen LogP contribution in [-0.2, 0) is 4.74 Å². The van der Waals surface area contributed by atoms with Crippen LogP contribution < -0.4 is 10.2 Å². The van der Waals surface area contributed by atoms with Crippen molar-refractivity contribution in [3.8, 4) is 0 Å². The molecule has 1 N–H and O–H groups in total. The maximum absolute atomic E-state index is 12.2. The zero-order chi connectivity index (χ0) is 15.5. The Morgan fingerprint density at radius 1 is 1.32 bits per heavy atom. The number of cyclic esters (lactones) is 1. The van der Waals surface area contributed by atoms with E-state index in [1.807, 2.05) is 24.4 Å². The molecule has 1 aromatic heterocycles. The molecule has 2 aromatic rings. The Bertz CT molecular complexity index is 667. The number of ether oxygens (including phenoxy) is 1. The number of amides is 2. The van der Waals surface area contributed by atoms with Crippen molar-refractivity contribution in [3.05, 3.63) is 52.2 Å². The Kier molecular flexibility index (Phi) is 4.11. The Hall–Kier alpha value is -2.34. The van der Waals surface area contributed by atoms with Crippen molar-refractivity contribution >= 4 is 29.0 Å². The first-order valence-electron chi connectivity index (χ1n) is 7.04. The Balaban J connectivity index is 1.67. The van der Waals surface area contributed by atoms with Gasteiger partial charge in [-0.05, 0) is 42.6 Å². The Morgan fingerprint density at radius 2 is 2.09 bits per heavy atom. The first-order chi connectivity index (χ1) is 10.6. The standard InChI is InChI=1S/C16H16N2O3S/c1-11(14-3-2-10-22-14)17-15(19)12-4-6-13(7-5-12)18-8-9-21-16(18)20/h2-7,10-11H,8-9H2,1H3,(H,17,19). The normalized spacial score (nSPS) is 15.5. The van der Waals surface area contributed by atoms with Crippen LogP contribution in [0.4, 0.5) is 10.5 Å². The van der Waals surface area contributed by atoms with Crippen LogP contribution in [0.15, 0.2) is 41.8 Å². The van der Waals surface area contributed by atoms with E-state index in [0.29, 0.717) is 18.7 Å². The van der Waals surface area contributed by atoms with Crippen LogP contribution in [0.2, 0.25) is 0 Å². The molecule has 1 atom stereocenters. The topological polar surface area (TPSA) is 58.6 Å². The van der Waals surface area contributed by atoms with Crippen molar-refractivity contribution in [2.24, 2.45) is 0 Å². The van der Waals surface area contributed by atoms with Crippen molar-refractivity contribution in [2.45, 2.75) is 13.0 Å². The van der Waals surface area contributed by atoms with Gasteiger partial charge in [0.25, 0.3) is 5.91 Å². The second-order valence-electron chi connectivity index (χ2n) is 5.02. The minimum atomic E-state index is -0.344. The molecule has 114 valence electrons. The molecule has 0 radical (unpaired) electrons. The van der Waals surface area contributed by atoms with Gasteiger partial charge in [-0.2, -0.15) is 0 Å². The summed E-state index contributed by atoms with van der Waals surface area (Å²) < 4.78 is 4.90. The minimum Gasteiger partial charge on any atom is -0.447 e. The molecule has 0 saturated carbocycles. The smallest absolute Gasteiger partial charge is 0.414 e. The van der Waals surface area contributed by atoms with E-state index >= 15 is 0 Å². The van der Waals surface area contributed by atoms with Gasteiger partial charge in [-0.1, -0.05) is 6.07 Å². The second-order valence-corrected chi connectivity index (χ2v) is 6.00.